The largest absolute Gasteiger partial charge is 0.133 e. The predicted octanol–water partition coefficient (Wildman–Crippen LogP) is 4.61. The molecule has 5 rings (SSSR count). The highest BCUT2D eigenvalue weighted by atomic mass is 29.2. The number of rotatable bonds is 7. The maximum atomic E-state index is 2.38. The van der Waals surface area contributed by atoms with Gasteiger partial charge in [-0.3, -0.25) is 0 Å². The van der Waals surface area contributed by atoms with E-state index in [1.807, 2.05) is 0 Å². The Morgan fingerprint density at radius 3 is 0.939 bits per heavy atom. The van der Waals surface area contributed by atoms with Gasteiger partial charge in [0.2, 0.25) is 0 Å². The summed E-state index contributed by atoms with van der Waals surface area (Å²) < 4.78 is 0. The summed E-state index contributed by atoms with van der Waals surface area (Å²) in [6.07, 6.45) is 0. The fourth-order valence-corrected chi connectivity index (χ4v) is 18.2. The molecular formula is C31H28Si2. The SMILES string of the molecule is c1ccc(C([SiH2][Si](c2ccccc2)(c2ccccc2)c2ccccc2)c2ccccc2)cc1. The smallest absolute Gasteiger partial charge is 0.0625 e. The van der Waals surface area contributed by atoms with E-state index in [2.05, 4.69) is 152 Å². The van der Waals surface area contributed by atoms with Gasteiger partial charge in [-0.1, -0.05) is 167 Å². The molecule has 0 fully saturated rings. The Hall–Kier alpha value is -3.47. The molecule has 160 valence electrons. The molecule has 0 bridgehead atoms. The lowest BCUT2D eigenvalue weighted by Gasteiger charge is -2.37. The van der Waals surface area contributed by atoms with Gasteiger partial charge in [-0.15, -0.1) is 0 Å². The molecule has 0 saturated carbocycles. The zero-order valence-electron chi connectivity index (χ0n) is 18.7. The molecule has 0 heterocycles. The van der Waals surface area contributed by atoms with Gasteiger partial charge in [0.15, 0.2) is 0 Å². The first-order valence-corrected chi connectivity index (χ1v) is 16.8. The van der Waals surface area contributed by atoms with E-state index < -0.39 is 16.6 Å². The Morgan fingerprint density at radius 2 is 0.636 bits per heavy atom. The van der Waals surface area contributed by atoms with Crippen molar-refractivity contribution < 1.29 is 0 Å². The van der Waals surface area contributed by atoms with Crippen molar-refractivity contribution in [2.24, 2.45) is 0 Å². The van der Waals surface area contributed by atoms with Gasteiger partial charge >= 0.3 is 0 Å². The number of hydrogen-bond donors (Lipinski definition) is 0. The monoisotopic (exact) mass is 456 g/mol. The third-order valence-corrected chi connectivity index (χ3v) is 19.4. The molecule has 0 aliphatic carbocycles. The predicted molar refractivity (Wildman–Crippen MR) is 147 cm³/mol. The molecule has 0 amide bonds. The first-order valence-electron chi connectivity index (χ1n) is 11.6. The van der Waals surface area contributed by atoms with Gasteiger partial charge in [0.25, 0.3) is 0 Å². The van der Waals surface area contributed by atoms with Crippen LogP contribution in [0, 0.1) is 0 Å². The van der Waals surface area contributed by atoms with Crippen LogP contribution in [0.4, 0.5) is 0 Å². The fourth-order valence-electron chi connectivity index (χ4n) is 5.13. The second-order valence-electron chi connectivity index (χ2n) is 8.58. The van der Waals surface area contributed by atoms with E-state index in [-0.39, 0.29) is 0 Å². The van der Waals surface area contributed by atoms with Crippen molar-refractivity contribution in [2.75, 3.05) is 0 Å². The van der Waals surface area contributed by atoms with E-state index in [1.54, 1.807) is 0 Å². The molecule has 0 unspecified atom stereocenters. The average molecular weight is 457 g/mol. The van der Waals surface area contributed by atoms with Gasteiger partial charge in [0.1, 0.15) is 7.59 Å². The highest BCUT2D eigenvalue weighted by Crippen LogP contribution is 2.26. The molecule has 0 aliphatic heterocycles. The van der Waals surface area contributed by atoms with Crippen LogP contribution in [0.15, 0.2) is 152 Å². The minimum atomic E-state index is -2.21. The standard InChI is InChI=1S/C31H28Si2/c1-6-16-26(17-7-1)31(27-18-8-2-9-19-27)32-33(28-20-10-3-11-21-28,29-22-12-4-13-23-29)30-24-14-5-15-25-30/h1-25,31H,32H2. The van der Waals surface area contributed by atoms with Crippen molar-refractivity contribution in [2.45, 2.75) is 5.54 Å². The molecule has 5 aromatic rings. The second-order valence-corrected chi connectivity index (χ2v) is 17.8. The van der Waals surface area contributed by atoms with Crippen LogP contribution in [0.1, 0.15) is 16.7 Å². The van der Waals surface area contributed by atoms with E-state index in [9.17, 15) is 0 Å². The minimum Gasteiger partial charge on any atom is -0.0625 e. The molecular weight excluding hydrogens is 429 g/mol. The van der Waals surface area contributed by atoms with Crippen LogP contribution in [0.25, 0.3) is 0 Å². The zero-order chi connectivity index (χ0) is 22.3. The van der Waals surface area contributed by atoms with Crippen LogP contribution >= 0.6 is 0 Å². The molecule has 0 N–H and O–H groups in total. The lowest BCUT2D eigenvalue weighted by atomic mass is 10.0. The Morgan fingerprint density at radius 1 is 0.364 bits per heavy atom. The summed E-state index contributed by atoms with van der Waals surface area (Å²) in [5.74, 6) is 0. The summed E-state index contributed by atoms with van der Waals surface area (Å²) in [5, 5.41) is 4.56. The van der Waals surface area contributed by atoms with E-state index in [0.717, 1.165) is 0 Å². The quantitative estimate of drug-likeness (QED) is 0.248. The third kappa shape index (κ3) is 4.40. The summed E-state index contributed by atoms with van der Waals surface area (Å²) in [6, 6.07) is 56.4. The van der Waals surface area contributed by atoms with E-state index >= 15 is 0 Å². The Balaban J connectivity index is 1.78. The Labute approximate surface area is 200 Å². The van der Waals surface area contributed by atoms with Crippen molar-refractivity contribution in [3.05, 3.63) is 163 Å². The van der Waals surface area contributed by atoms with Crippen LogP contribution in [-0.4, -0.2) is 16.6 Å². The van der Waals surface area contributed by atoms with E-state index in [0.29, 0.717) is 5.54 Å². The summed E-state index contributed by atoms with van der Waals surface area (Å²) >= 11 is 0. The van der Waals surface area contributed by atoms with Crippen molar-refractivity contribution in [3.63, 3.8) is 0 Å². The minimum absolute atomic E-state index is 0.444. The lowest BCUT2D eigenvalue weighted by molar-refractivity contribution is 1.13. The van der Waals surface area contributed by atoms with Crippen LogP contribution < -0.4 is 15.6 Å². The van der Waals surface area contributed by atoms with Crippen LogP contribution in [0.2, 0.25) is 0 Å². The average Bonchev–Trinajstić information content (AvgIpc) is 2.92. The molecule has 0 aromatic heterocycles. The summed E-state index contributed by atoms with van der Waals surface area (Å²) in [6.45, 7) is 0. The van der Waals surface area contributed by atoms with E-state index in [1.165, 1.54) is 26.7 Å². The molecule has 33 heavy (non-hydrogen) atoms. The zero-order valence-corrected chi connectivity index (χ0v) is 21.1. The molecule has 2 heteroatoms. The number of benzene rings is 5. The Bertz CT molecular complexity index is 1120. The van der Waals surface area contributed by atoms with Crippen molar-refractivity contribution in [3.8, 4) is 0 Å². The van der Waals surface area contributed by atoms with Crippen LogP contribution in [0.5, 0.6) is 0 Å². The molecule has 0 saturated heterocycles. The van der Waals surface area contributed by atoms with Gasteiger partial charge in [-0.2, -0.15) is 0 Å². The molecule has 0 nitrogen and oxygen atoms in total. The van der Waals surface area contributed by atoms with Gasteiger partial charge in [-0.05, 0) is 16.7 Å². The maximum Gasteiger partial charge on any atom is 0.133 e. The van der Waals surface area contributed by atoms with Crippen molar-refractivity contribution in [1.82, 2.24) is 0 Å². The van der Waals surface area contributed by atoms with Gasteiger partial charge < -0.3 is 0 Å². The van der Waals surface area contributed by atoms with Crippen LogP contribution in [0.3, 0.4) is 0 Å². The molecule has 5 aromatic carbocycles. The first kappa shape index (κ1) is 21.4. The maximum absolute atomic E-state index is 2.38. The molecule has 0 spiro atoms. The summed E-state index contributed by atoms with van der Waals surface area (Å²) in [7, 11) is -2.93. The molecule has 0 atom stereocenters. The first-order chi connectivity index (χ1) is 16.4. The van der Waals surface area contributed by atoms with Gasteiger partial charge in [0, 0.05) is 9.04 Å². The summed E-state index contributed by atoms with van der Waals surface area (Å²) in [5.41, 5.74) is 3.32. The van der Waals surface area contributed by atoms with Gasteiger partial charge in [0.05, 0.1) is 0 Å². The normalized spacial score (nSPS) is 11.8. The molecule has 0 radical (unpaired) electrons. The molecule has 0 aliphatic rings. The highest BCUT2D eigenvalue weighted by molar-refractivity contribution is 7.43. The topological polar surface area (TPSA) is 0 Å². The summed E-state index contributed by atoms with van der Waals surface area (Å²) in [4.78, 5) is 0. The number of hydrogen-bond acceptors (Lipinski definition) is 0. The highest BCUT2D eigenvalue weighted by Gasteiger charge is 2.42. The van der Waals surface area contributed by atoms with Gasteiger partial charge in [-0.25, -0.2) is 0 Å². The van der Waals surface area contributed by atoms with E-state index in [4.69, 9.17) is 0 Å². The fraction of sp³-hybridized carbons (Fsp3) is 0.0323. The van der Waals surface area contributed by atoms with Crippen molar-refractivity contribution >= 4 is 32.2 Å². The Kier molecular flexibility index (Phi) is 6.47. The van der Waals surface area contributed by atoms with Crippen molar-refractivity contribution in [1.29, 1.82) is 0 Å². The van der Waals surface area contributed by atoms with Crippen LogP contribution in [-0.2, 0) is 0 Å². The second kappa shape index (κ2) is 9.99. The lowest BCUT2D eigenvalue weighted by Crippen LogP contribution is -2.72. The third-order valence-electron chi connectivity index (χ3n) is 6.71.